The molecule has 0 bridgehead atoms. The van der Waals surface area contributed by atoms with Crippen LogP contribution in [0.4, 0.5) is 0 Å². The standard InChI is InChI=1S/C9H16O2/c1-5-8(10)9(11)7(4)6(2)3/h6-7H,5H2,1-4H3. The lowest BCUT2D eigenvalue weighted by atomic mass is 9.91. The summed E-state index contributed by atoms with van der Waals surface area (Å²) >= 11 is 0. The van der Waals surface area contributed by atoms with E-state index < -0.39 is 0 Å². The number of hydrogen-bond acceptors (Lipinski definition) is 2. The van der Waals surface area contributed by atoms with Gasteiger partial charge in [0, 0.05) is 12.3 Å². The second-order valence-corrected chi connectivity index (χ2v) is 3.17. The van der Waals surface area contributed by atoms with Crippen LogP contribution < -0.4 is 0 Å². The van der Waals surface area contributed by atoms with Crippen molar-refractivity contribution in [2.24, 2.45) is 11.8 Å². The second kappa shape index (κ2) is 4.27. The van der Waals surface area contributed by atoms with Gasteiger partial charge < -0.3 is 0 Å². The largest absolute Gasteiger partial charge is 0.291 e. The van der Waals surface area contributed by atoms with E-state index in [1.807, 2.05) is 13.8 Å². The molecule has 0 N–H and O–H groups in total. The van der Waals surface area contributed by atoms with Crippen molar-refractivity contribution >= 4 is 11.6 Å². The van der Waals surface area contributed by atoms with Crippen LogP contribution in [0.15, 0.2) is 0 Å². The Balaban J connectivity index is 4.14. The first-order valence-corrected chi connectivity index (χ1v) is 4.07. The van der Waals surface area contributed by atoms with Gasteiger partial charge in [-0.1, -0.05) is 27.7 Å². The lowest BCUT2D eigenvalue weighted by Gasteiger charge is -2.11. The first kappa shape index (κ1) is 10.3. The molecule has 0 spiro atoms. The number of hydrogen-bond donors (Lipinski definition) is 0. The van der Waals surface area contributed by atoms with Crippen LogP contribution in [0.25, 0.3) is 0 Å². The van der Waals surface area contributed by atoms with Crippen molar-refractivity contribution in [2.75, 3.05) is 0 Å². The highest BCUT2D eigenvalue weighted by molar-refractivity contribution is 6.37. The zero-order valence-electron chi connectivity index (χ0n) is 7.68. The predicted molar refractivity (Wildman–Crippen MR) is 44.3 cm³/mol. The van der Waals surface area contributed by atoms with Crippen LogP contribution in [0.1, 0.15) is 34.1 Å². The smallest absolute Gasteiger partial charge is 0.201 e. The van der Waals surface area contributed by atoms with Crippen LogP contribution in [0.5, 0.6) is 0 Å². The van der Waals surface area contributed by atoms with Gasteiger partial charge in [0.1, 0.15) is 0 Å². The Kier molecular flexibility index (Phi) is 4.01. The molecule has 1 atom stereocenters. The lowest BCUT2D eigenvalue weighted by Crippen LogP contribution is -2.24. The van der Waals surface area contributed by atoms with Crippen molar-refractivity contribution in [3.8, 4) is 0 Å². The summed E-state index contributed by atoms with van der Waals surface area (Å²) in [5, 5.41) is 0. The third-order valence-electron chi connectivity index (χ3n) is 2.01. The van der Waals surface area contributed by atoms with Gasteiger partial charge in [-0.3, -0.25) is 9.59 Å². The molecule has 0 aliphatic heterocycles. The van der Waals surface area contributed by atoms with Crippen LogP contribution in [0, 0.1) is 11.8 Å². The second-order valence-electron chi connectivity index (χ2n) is 3.17. The fourth-order valence-corrected chi connectivity index (χ4v) is 0.731. The van der Waals surface area contributed by atoms with Gasteiger partial charge >= 0.3 is 0 Å². The van der Waals surface area contributed by atoms with Crippen LogP contribution in [-0.2, 0) is 9.59 Å². The average Bonchev–Trinajstić information content (AvgIpc) is 2.00. The van der Waals surface area contributed by atoms with E-state index in [-0.39, 0.29) is 23.4 Å². The quantitative estimate of drug-likeness (QED) is 0.582. The molecule has 0 saturated heterocycles. The summed E-state index contributed by atoms with van der Waals surface area (Å²) in [6, 6.07) is 0. The molecule has 2 heteroatoms. The molecular weight excluding hydrogens is 140 g/mol. The Morgan fingerprint density at radius 2 is 1.64 bits per heavy atom. The van der Waals surface area contributed by atoms with Gasteiger partial charge in [0.2, 0.25) is 5.78 Å². The summed E-state index contributed by atoms with van der Waals surface area (Å²) in [5.41, 5.74) is 0. The van der Waals surface area contributed by atoms with Crippen molar-refractivity contribution < 1.29 is 9.59 Å². The van der Waals surface area contributed by atoms with Gasteiger partial charge in [-0.25, -0.2) is 0 Å². The molecule has 0 aliphatic rings. The van der Waals surface area contributed by atoms with Gasteiger partial charge in [0.15, 0.2) is 5.78 Å². The van der Waals surface area contributed by atoms with Crippen LogP contribution in [-0.4, -0.2) is 11.6 Å². The number of carbonyl (C=O) groups excluding carboxylic acids is 2. The van der Waals surface area contributed by atoms with Crippen molar-refractivity contribution in [3.63, 3.8) is 0 Å². The minimum absolute atomic E-state index is 0.123. The summed E-state index contributed by atoms with van der Waals surface area (Å²) in [5.74, 6) is -0.325. The zero-order chi connectivity index (χ0) is 9.02. The summed E-state index contributed by atoms with van der Waals surface area (Å²) in [7, 11) is 0. The number of ketones is 2. The summed E-state index contributed by atoms with van der Waals surface area (Å²) in [6.45, 7) is 7.42. The van der Waals surface area contributed by atoms with Gasteiger partial charge in [-0.2, -0.15) is 0 Å². The van der Waals surface area contributed by atoms with E-state index >= 15 is 0 Å². The molecule has 0 radical (unpaired) electrons. The summed E-state index contributed by atoms with van der Waals surface area (Å²) < 4.78 is 0. The molecule has 0 heterocycles. The van der Waals surface area contributed by atoms with Gasteiger partial charge in [-0.05, 0) is 5.92 Å². The van der Waals surface area contributed by atoms with E-state index in [4.69, 9.17) is 0 Å². The van der Waals surface area contributed by atoms with E-state index in [0.29, 0.717) is 6.42 Å². The van der Waals surface area contributed by atoms with E-state index in [0.717, 1.165) is 0 Å². The fraction of sp³-hybridized carbons (Fsp3) is 0.778. The molecule has 11 heavy (non-hydrogen) atoms. The van der Waals surface area contributed by atoms with E-state index in [9.17, 15) is 9.59 Å². The maximum atomic E-state index is 11.2. The molecule has 0 rings (SSSR count). The molecule has 0 aromatic rings. The first-order valence-electron chi connectivity index (χ1n) is 4.07. The monoisotopic (exact) mass is 156 g/mol. The highest BCUT2D eigenvalue weighted by Gasteiger charge is 2.21. The summed E-state index contributed by atoms with van der Waals surface area (Å²) in [6.07, 6.45) is 0.329. The van der Waals surface area contributed by atoms with Gasteiger partial charge in [-0.15, -0.1) is 0 Å². The Morgan fingerprint density at radius 3 is 1.91 bits per heavy atom. The third kappa shape index (κ3) is 2.83. The Hall–Kier alpha value is -0.660. The van der Waals surface area contributed by atoms with E-state index in [2.05, 4.69) is 0 Å². The SMILES string of the molecule is CCC(=O)C(=O)C(C)C(C)C. The number of Topliss-reactive ketones (excluding diaryl/α,β-unsaturated/α-hetero) is 2. The molecule has 0 amide bonds. The van der Waals surface area contributed by atoms with E-state index in [1.54, 1.807) is 13.8 Å². The number of rotatable bonds is 4. The molecule has 0 aliphatic carbocycles. The maximum absolute atomic E-state index is 11.2. The third-order valence-corrected chi connectivity index (χ3v) is 2.01. The lowest BCUT2D eigenvalue weighted by molar-refractivity contribution is -0.139. The Bertz CT molecular complexity index is 159. The van der Waals surface area contributed by atoms with Crippen molar-refractivity contribution in [2.45, 2.75) is 34.1 Å². The molecule has 0 aromatic heterocycles. The van der Waals surface area contributed by atoms with Crippen LogP contribution in [0.2, 0.25) is 0 Å². The minimum Gasteiger partial charge on any atom is -0.291 e. The fourth-order valence-electron chi connectivity index (χ4n) is 0.731. The zero-order valence-corrected chi connectivity index (χ0v) is 7.68. The maximum Gasteiger partial charge on any atom is 0.201 e. The topological polar surface area (TPSA) is 34.1 Å². The molecular formula is C9H16O2. The highest BCUT2D eigenvalue weighted by atomic mass is 16.2. The molecule has 2 nitrogen and oxygen atoms in total. The Morgan fingerprint density at radius 1 is 1.18 bits per heavy atom. The highest BCUT2D eigenvalue weighted by Crippen LogP contribution is 2.11. The van der Waals surface area contributed by atoms with Crippen LogP contribution >= 0.6 is 0 Å². The van der Waals surface area contributed by atoms with Crippen LogP contribution in [0.3, 0.4) is 0 Å². The van der Waals surface area contributed by atoms with Crippen molar-refractivity contribution in [1.82, 2.24) is 0 Å². The predicted octanol–water partition coefficient (Wildman–Crippen LogP) is 1.83. The molecule has 1 unspecified atom stereocenters. The average molecular weight is 156 g/mol. The molecule has 0 saturated carbocycles. The minimum atomic E-state index is -0.244. The van der Waals surface area contributed by atoms with Gasteiger partial charge in [0.05, 0.1) is 0 Å². The molecule has 0 fully saturated rings. The Labute approximate surface area is 68.0 Å². The van der Waals surface area contributed by atoms with E-state index in [1.165, 1.54) is 0 Å². The summed E-state index contributed by atoms with van der Waals surface area (Å²) in [4.78, 5) is 22.1. The number of carbonyl (C=O) groups is 2. The first-order chi connectivity index (χ1) is 5.00. The normalized spacial score (nSPS) is 13.2. The molecule has 0 aromatic carbocycles. The van der Waals surface area contributed by atoms with Crippen molar-refractivity contribution in [3.05, 3.63) is 0 Å². The van der Waals surface area contributed by atoms with Crippen molar-refractivity contribution in [1.29, 1.82) is 0 Å². The van der Waals surface area contributed by atoms with Gasteiger partial charge in [0.25, 0.3) is 0 Å². The molecule has 64 valence electrons.